The zero-order valence-electron chi connectivity index (χ0n) is 7.83. The number of pyridine rings is 1. The third-order valence-corrected chi connectivity index (χ3v) is 2.16. The number of hydrogen-bond donors (Lipinski definition) is 0. The molecule has 13 heavy (non-hydrogen) atoms. The lowest BCUT2D eigenvalue weighted by atomic mass is 10.4. The van der Waals surface area contributed by atoms with E-state index in [1.165, 1.54) is 0 Å². The van der Waals surface area contributed by atoms with Crippen molar-refractivity contribution in [2.75, 3.05) is 32.2 Å². The van der Waals surface area contributed by atoms with Crippen molar-refractivity contribution in [3.63, 3.8) is 0 Å². The van der Waals surface area contributed by atoms with Crippen LogP contribution in [0.2, 0.25) is 0 Å². The topological polar surface area (TPSA) is 25.4 Å². The first-order chi connectivity index (χ1) is 6.24. The first-order valence-corrected chi connectivity index (χ1v) is 4.86. The minimum Gasteiger partial charge on any atom is -0.383 e. The highest BCUT2D eigenvalue weighted by atomic mass is 79.9. The second-order valence-electron chi connectivity index (χ2n) is 2.73. The van der Waals surface area contributed by atoms with Gasteiger partial charge in [0.25, 0.3) is 0 Å². The van der Waals surface area contributed by atoms with Crippen LogP contribution in [0.3, 0.4) is 0 Å². The van der Waals surface area contributed by atoms with E-state index >= 15 is 0 Å². The molecule has 0 saturated carbocycles. The fraction of sp³-hybridized carbons (Fsp3) is 0.444. The third kappa shape index (κ3) is 3.32. The van der Waals surface area contributed by atoms with Gasteiger partial charge >= 0.3 is 0 Å². The largest absolute Gasteiger partial charge is 0.383 e. The van der Waals surface area contributed by atoms with Crippen molar-refractivity contribution in [2.24, 2.45) is 0 Å². The van der Waals surface area contributed by atoms with E-state index in [0.29, 0.717) is 6.61 Å². The van der Waals surface area contributed by atoms with Gasteiger partial charge in [0.1, 0.15) is 10.4 Å². The van der Waals surface area contributed by atoms with E-state index in [-0.39, 0.29) is 0 Å². The molecule has 4 heteroatoms. The van der Waals surface area contributed by atoms with Crippen molar-refractivity contribution in [2.45, 2.75) is 0 Å². The molecule has 0 bridgehead atoms. The Morgan fingerprint density at radius 2 is 2.31 bits per heavy atom. The van der Waals surface area contributed by atoms with Gasteiger partial charge in [-0.15, -0.1) is 0 Å². The lowest BCUT2D eigenvalue weighted by Crippen LogP contribution is -2.22. The van der Waals surface area contributed by atoms with E-state index < -0.39 is 0 Å². The molecule has 0 radical (unpaired) electrons. The Labute approximate surface area is 86.9 Å². The molecule has 1 aromatic rings. The van der Waals surface area contributed by atoms with Gasteiger partial charge in [-0.25, -0.2) is 4.98 Å². The van der Waals surface area contributed by atoms with Crippen LogP contribution >= 0.6 is 15.9 Å². The highest BCUT2D eigenvalue weighted by molar-refractivity contribution is 9.10. The zero-order chi connectivity index (χ0) is 9.68. The summed E-state index contributed by atoms with van der Waals surface area (Å²) in [5.41, 5.74) is 0. The molecule has 0 saturated heterocycles. The van der Waals surface area contributed by atoms with Crippen molar-refractivity contribution in [1.82, 2.24) is 4.98 Å². The molecule has 0 aromatic carbocycles. The summed E-state index contributed by atoms with van der Waals surface area (Å²) in [6.07, 6.45) is 0. The van der Waals surface area contributed by atoms with E-state index in [1.54, 1.807) is 7.11 Å². The Hall–Kier alpha value is -0.610. The van der Waals surface area contributed by atoms with E-state index in [9.17, 15) is 0 Å². The molecule has 72 valence electrons. The van der Waals surface area contributed by atoms with Crippen LogP contribution in [0.1, 0.15) is 0 Å². The SMILES string of the molecule is COCCN(C)c1cccc(Br)n1. The van der Waals surface area contributed by atoms with Crippen LogP contribution in [-0.4, -0.2) is 32.3 Å². The van der Waals surface area contributed by atoms with Gasteiger partial charge in [0, 0.05) is 20.7 Å². The summed E-state index contributed by atoms with van der Waals surface area (Å²) in [6, 6.07) is 5.85. The fourth-order valence-corrected chi connectivity index (χ4v) is 1.29. The van der Waals surface area contributed by atoms with Crippen molar-refractivity contribution in [1.29, 1.82) is 0 Å². The molecule has 3 nitrogen and oxygen atoms in total. The van der Waals surface area contributed by atoms with Crippen LogP contribution in [0, 0.1) is 0 Å². The Balaban J connectivity index is 2.60. The minimum atomic E-state index is 0.713. The molecule has 1 aromatic heterocycles. The molecule has 0 N–H and O–H groups in total. The number of halogens is 1. The summed E-state index contributed by atoms with van der Waals surface area (Å²) in [4.78, 5) is 6.36. The Kier molecular flexibility index (Phi) is 4.18. The molecule has 1 heterocycles. The average Bonchev–Trinajstić information content (AvgIpc) is 2.14. The summed E-state index contributed by atoms with van der Waals surface area (Å²) < 4.78 is 5.84. The summed E-state index contributed by atoms with van der Waals surface area (Å²) in [6.45, 7) is 1.56. The number of rotatable bonds is 4. The van der Waals surface area contributed by atoms with Crippen molar-refractivity contribution < 1.29 is 4.74 Å². The lowest BCUT2D eigenvalue weighted by molar-refractivity contribution is 0.206. The van der Waals surface area contributed by atoms with Gasteiger partial charge in [0.05, 0.1) is 6.61 Å². The van der Waals surface area contributed by atoms with Gasteiger partial charge in [-0.2, -0.15) is 0 Å². The van der Waals surface area contributed by atoms with Gasteiger partial charge < -0.3 is 9.64 Å². The van der Waals surface area contributed by atoms with Crippen LogP contribution < -0.4 is 4.90 Å². The van der Waals surface area contributed by atoms with E-state index in [1.807, 2.05) is 30.1 Å². The molecule has 0 aliphatic carbocycles. The smallest absolute Gasteiger partial charge is 0.129 e. The zero-order valence-corrected chi connectivity index (χ0v) is 9.41. The second-order valence-corrected chi connectivity index (χ2v) is 3.55. The Bertz CT molecular complexity index is 268. The minimum absolute atomic E-state index is 0.713. The second kappa shape index (κ2) is 5.19. The average molecular weight is 245 g/mol. The summed E-state index contributed by atoms with van der Waals surface area (Å²) in [5.74, 6) is 0.950. The van der Waals surface area contributed by atoms with Crippen LogP contribution in [0.5, 0.6) is 0 Å². The van der Waals surface area contributed by atoms with Crippen molar-refractivity contribution in [3.8, 4) is 0 Å². The molecular formula is C9H13BrN2O. The maximum atomic E-state index is 4.98. The number of aromatic nitrogens is 1. The number of ether oxygens (including phenoxy) is 1. The molecule has 0 amide bonds. The first-order valence-electron chi connectivity index (χ1n) is 4.06. The summed E-state index contributed by atoms with van der Waals surface area (Å²) >= 11 is 3.33. The normalized spacial score (nSPS) is 10.1. The van der Waals surface area contributed by atoms with Crippen LogP contribution in [0.15, 0.2) is 22.8 Å². The maximum absolute atomic E-state index is 4.98. The predicted molar refractivity (Wildman–Crippen MR) is 57.1 cm³/mol. The monoisotopic (exact) mass is 244 g/mol. The number of likely N-dealkylation sites (N-methyl/N-ethyl adjacent to an activating group) is 1. The van der Waals surface area contributed by atoms with Gasteiger partial charge in [0.15, 0.2) is 0 Å². The summed E-state index contributed by atoms with van der Waals surface area (Å²) in [7, 11) is 3.69. The molecular weight excluding hydrogens is 232 g/mol. The van der Waals surface area contributed by atoms with E-state index in [4.69, 9.17) is 4.74 Å². The van der Waals surface area contributed by atoms with Gasteiger partial charge in [-0.05, 0) is 28.1 Å². The molecule has 0 unspecified atom stereocenters. The Morgan fingerprint density at radius 3 is 2.92 bits per heavy atom. The van der Waals surface area contributed by atoms with Crippen molar-refractivity contribution >= 4 is 21.7 Å². The number of methoxy groups -OCH3 is 1. The van der Waals surface area contributed by atoms with Gasteiger partial charge in [0.2, 0.25) is 0 Å². The first kappa shape index (κ1) is 10.5. The van der Waals surface area contributed by atoms with Crippen LogP contribution in [0.4, 0.5) is 5.82 Å². The number of hydrogen-bond acceptors (Lipinski definition) is 3. The van der Waals surface area contributed by atoms with Crippen LogP contribution in [0.25, 0.3) is 0 Å². The van der Waals surface area contributed by atoms with Crippen molar-refractivity contribution in [3.05, 3.63) is 22.8 Å². The van der Waals surface area contributed by atoms with E-state index in [2.05, 4.69) is 20.9 Å². The molecule has 0 fully saturated rings. The maximum Gasteiger partial charge on any atom is 0.129 e. The van der Waals surface area contributed by atoms with E-state index in [0.717, 1.165) is 17.0 Å². The molecule has 0 atom stereocenters. The predicted octanol–water partition coefficient (Wildman–Crippen LogP) is 1.93. The number of anilines is 1. The van der Waals surface area contributed by atoms with Gasteiger partial charge in [-0.3, -0.25) is 0 Å². The molecule has 0 spiro atoms. The lowest BCUT2D eigenvalue weighted by Gasteiger charge is -2.17. The molecule has 0 aliphatic heterocycles. The highest BCUT2D eigenvalue weighted by Crippen LogP contribution is 2.12. The standard InChI is InChI=1S/C9H13BrN2O/c1-12(6-7-13-2)9-5-3-4-8(10)11-9/h3-5H,6-7H2,1-2H3. The quantitative estimate of drug-likeness (QED) is 0.758. The number of nitrogens with zero attached hydrogens (tertiary/aromatic N) is 2. The van der Waals surface area contributed by atoms with Gasteiger partial charge in [-0.1, -0.05) is 6.07 Å². The Morgan fingerprint density at radius 1 is 1.54 bits per heavy atom. The molecule has 1 rings (SSSR count). The highest BCUT2D eigenvalue weighted by Gasteiger charge is 2.01. The third-order valence-electron chi connectivity index (χ3n) is 1.72. The summed E-state index contributed by atoms with van der Waals surface area (Å²) in [5, 5.41) is 0. The molecule has 0 aliphatic rings. The van der Waals surface area contributed by atoms with Crippen LogP contribution in [-0.2, 0) is 4.74 Å². The fourth-order valence-electron chi connectivity index (χ4n) is 0.953.